The number of nitrogens with two attached hydrogens (primary N) is 1. The van der Waals surface area contributed by atoms with Crippen LogP contribution < -0.4 is 16.0 Å². The second-order valence-electron chi connectivity index (χ2n) is 9.38. The summed E-state index contributed by atoms with van der Waals surface area (Å²) in [6.07, 6.45) is 7.69. The number of carbonyl (C=O) groups excluding carboxylic acids is 2. The van der Waals surface area contributed by atoms with Gasteiger partial charge in [0.15, 0.2) is 5.65 Å². The molecule has 2 aliphatic rings. The number of nitrogens with one attached hydrogen (secondary N) is 1. The number of carboxylic acid groups (broad SMARTS) is 1. The Bertz CT molecular complexity index is 1330. The molecule has 196 valence electrons. The average Bonchev–Trinajstić information content (AvgIpc) is 3.49. The highest BCUT2D eigenvalue weighted by molar-refractivity contribution is 5.99. The number of aryl methyl sites for hydroxylation is 1. The average molecular weight is 512 g/mol. The number of anilines is 1. The SMILES string of the molecule is CC(=O)[C@@H](N)CC(=O)O.C[C@@H]1CCc2ncc(F)cc2[C@H]2CCCN2c2ccn3ncc(c3n2)C(=O)N1. The van der Waals surface area contributed by atoms with Gasteiger partial charge in [-0.2, -0.15) is 5.10 Å². The zero-order valence-corrected chi connectivity index (χ0v) is 20.7. The molecule has 0 unspecified atom stereocenters. The molecule has 4 N–H and O–H groups in total. The minimum Gasteiger partial charge on any atom is -0.481 e. The third-order valence-electron chi connectivity index (χ3n) is 6.58. The largest absolute Gasteiger partial charge is 0.481 e. The molecular weight excluding hydrogens is 481 g/mol. The topological polar surface area (TPSA) is 156 Å². The highest BCUT2D eigenvalue weighted by Gasteiger charge is 2.31. The molecule has 2 bridgehead atoms. The maximum atomic E-state index is 14.1. The van der Waals surface area contributed by atoms with Crippen LogP contribution in [0.15, 0.2) is 30.7 Å². The summed E-state index contributed by atoms with van der Waals surface area (Å²) in [5, 5.41) is 15.4. The molecule has 1 fully saturated rings. The number of halogens is 1. The lowest BCUT2D eigenvalue weighted by atomic mass is 9.98. The highest BCUT2D eigenvalue weighted by atomic mass is 19.1. The Morgan fingerprint density at radius 2 is 2.11 bits per heavy atom. The molecule has 5 heterocycles. The van der Waals surface area contributed by atoms with Gasteiger partial charge in [-0.05, 0) is 57.2 Å². The zero-order chi connectivity index (χ0) is 26.7. The van der Waals surface area contributed by atoms with Crippen molar-refractivity contribution in [2.24, 2.45) is 5.73 Å². The van der Waals surface area contributed by atoms with Gasteiger partial charge in [-0.1, -0.05) is 0 Å². The molecule has 1 saturated heterocycles. The van der Waals surface area contributed by atoms with Gasteiger partial charge in [-0.3, -0.25) is 19.4 Å². The number of fused-ring (bicyclic) bond motifs is 5. The van der Waals surface area contributed by atoms with Crippen LogP contribution in [0.4, 0.5) is 10.2 Å². The van der Waals surface area contributed by atoms with Crippen molar-refractivity contribution >= 4 is 29.1 Å². The Hall–Kier alpha value is -3.93. The quantitative estimate of drug-likeness (QED) is 0.479. The minimum absolute atomic E-state index is 0.0271. The molecule has 5 rings (SSSR count). The van der Waals surface area contributed by atoms with E-state index in [-0.39, 0.29) is 36.0 Å². The monoisotopic (exact) mass is 511 g/mol. The smallest absolute Gasteiger partial charge is 0.305 e. The molecule has 0 spiro atoms. The normalized spacial score (nSPS) is 19.9. The summed E-state index contributed by atoms with van der Waals surface area (Å²) in [6, 6.07) is 2.64. The van der Waals surface area contributed by atoms with Crippen LogP contribution in [0, 0.1) is 5.82 Å². The van der Waals surface area contributed by atoms with E-state index in [2.05, 4.69) is 20.3 Å². The summed E-state index contributed by atoms with van der Waals surface area (Å²) in [5.41, 5.74) is 7.90. The number of hydrogen-bond donors (Lipinski definition) is 3. The zero-order valence-electron chi connectivity index (χ0n) is 20.7. The molecule has 3 atom stereocenters. The summed E-state index contributed by atoms with van der Waals surface area (Å²) >= 11 is 0. The first kappa shape index (κ1) is 26.1. The number of hydrogen-bond acceptors (Lipinski definition) is 8. The van der Waals surface area contributed by atoms with E-state index in [1.54, 1.807) is 16.8 Å². The standard InChI is InChI=1S/C20H21FN6O.C5H9NO3/c1-12-4-5-16-14(9-13(21)10-22-16)17-3-2-7-26(17)18-6-8-27-19(25-18)15(11-23-27)20(28)24-12;1-3(7)4(6)2-5(8)9/h6,8-12,17H,2-5,7H2,1H3,(H,24,28);4H,2,6H2,1H3,(H,8,9)/t12-,17-;4-/m10/s1. The number of ketones is 1. The highest BCUT2D eigenvalue weighted by Crippen LogP contribution is 2.37. The summed E-state index contributed by atoms with van der Waals surface area (Å²) < 4.78 is 15.7. The van der Waals surface area contributed by atoms with Crippen molar-refractivity contribution in [2.45, 2.75) is 64.1 Å². The molecule has 0 saturated carbocycles. The van der Waals surface area contributed by atoms with Gasteiger partial charge in [-0.25, -0.2) is 13.9 Å². The fraction of sp³-hybridized carbons (Fsp3) is 0.440. The number of aliphatic carboxylic acids is 1. The number of pyridine rings is 1. The van der Waals surface area contributed by atoms with Gasteiger partial charge in [-0.15, -0.1) is 0 Å². The van der Waals surface area contributed by atoms with Gasteiger partial charge < -0.3 is 21.1 Å². The lowest BCUT2D eigenvalue weighted by Gasteiger charge is -2.27. The van der Waals surface area contributed by atoms with E-state index in [1.165, 1.54) is 13.1 Å². The van der Waals surface area contributed by atoms with Gasteiger partial charge >= 0.3 is 5.97 Å². The molecule has 0 aliphatic carbocycles. The fourth-order valence-electron chi connectivity index (χ4n) is 4.58. The van der Waals surface area contributed by atoms with Crippen LogP contribution in [0.25, 0.3) is 5.65 Å². The molecule has 37 heavy (non-hydrogen) atoms. The predicted octanol–water partition coefficient (Wildman–Crippen LogP) is 2.05. The van der Waals surface area contributed by atoms with Crippen molar-refractivity contribution in [3.05, 3.63) is 53.4 Å². The van der Waals surface area contributed by atoms with E-state index < -0.39 is 12.0 Å². The predicted molar refractivity (Wildman–Crippen MR) is 133 cm³/mol. The van der Waals surface area contributed by atoms with E-state index >= 15 is 0 Å². The molecule has 3 aromatic rings. The Morgan fingerprint density at radius 1 is 1.32 bits per heavy atom. The van der Waals surface area contributed by atoms with Gasteiger partial charge in [0.05, 0.1) is 30.9 Å². The Labute approximate surface area is 212 Å². The van der Waals surface area contributed by atoms with E-state index in [0.29, 0.717) is 17.6 Å². The van der Waals surface area contributed by atoms with Crippen molar-refractivity contribution in [1.82, 2.24) is 24.9 Å². The fourth-order valence-corrected chi connectivity index (χ4v) is 4.58. The van der Waals surface area contributed by atoms with E-state index in [0.717, 1.165) is 42.9 Å². The number of carbonyl (C=O) groups is 3. The lowest BCUT2D eigenvalue weighted by molar-refractivity contribution is -0.138. The first-order chi connectivity index (χ1) is 17.6. The Morgan fingerprint density at radius 3 is 2.81 bits per heavy atom. The van der Waals surface area contributed by atoms with Gasteiger partial charge in [0.25, 0.3) is 5.91 Å². The molecule has 12 heteroatoms. The third kappa shape index (κ3) is 5.91. The van der Waals surface area contributed by atoms with Crippen LogP contribution in [0.1, 0.15) is 67.2 Å². The van der Waals surface area contributed by atoms with E-state index in [4.69, 9.17) is 15.8 Å². The van der Waals surface area contributed by atoms with Crippen LogP contribution in [0.3, 0.4) is 0 Å². The van der Waals surface area contributed by atoms with E-state index in [1.807, 2.05) is 19.2 Å². The van der Waals surface area contributed by atoms with Crippen LogP contribution >= 0.6 is 0 Å². The Kier molecular flexibility index (Phi) is 7.77. The summed E-state index contributed by atoms with van der Waals surface area (Å²) in [6.45, 7) is 4.07. The van der Waals surface area contributed by atoms with Crippen molar-refractivity contribution in [3.8, 4) is 0 Å². The van der Waals surface area contributed by atoms with Crippen LogP contribution in [0.2, 0.25) is 0 Å². The lowest BCUT2D eigenvalue weighted by Crippen LogP contribution is -2.33. The summed E-state index contributed by atoms with van der Waals surface area (Å²) in [7, 11) is 0. The maximum absolute atomic E-state index is 14.1. The van der Waals surface area contributed by atoms with Gasteiger partial charge in [0.1, 0.15) is 23.0 Å². The van der Waals surface area contributed by atoms with Crippen LogP contribution in [-0.4, -0.2) is 61.0 Å². The van der Waals surface area contributed by atoms with Crippen molar-refractivity contribution < 1.29 is 23.9 Å². The Balaban J connectivity index is 0.000000307. The molecule has 3 aromatic heterocycles. The first-order valence-electron chi connectivity index (χ1n) is 12.2. The molecule has 11 nitrogen and oxygen atoms in total. The van der Waals surface area contributed by atoms with Crippen molar-refractivity contribution in [2.75, 3.05) is 11.4 Å². The first-order valence-corrected chi connectivity index (χ1v) is 12.2. The molecule has 0 aromatic carbocycles. The third-order valence-corrected chi connectivity index (χ3v) is 6.58. The second kappa shape index (κ2) is 11.0. The van der Waals surface area contributed by atoms with Crippen LogP contribution in [-0.2, 0) is 16.0 Å². The molecule has 0 radical (unpaired) electrons. The number of amides is 1. The summed E-state index contributed by atoms with van der Waals surface area (Å²) in [4.78, 5) is 44.2. The number of carboxylic acids is 1. The van der Waals surface area contributed by atoms with Gasteiger partial charge in [0, 0.05) is 24.5 Å². The second-order valence-corrected chi connectivity index (χ2v) is 9.38. The van der Waals surface area contributed by atoms with Crippen molar-refractivity contribution in [1.29, 1.82) is 0 Å². The number of rotatable bonds is 3. The molecule has 1 amide bonds. The van der Waals surface area contributed by atoms with Crippen LogP contribution in [0.5, 0.6) is 0 Å². The maximum Gasteiger partial charge on any atom is 0.305 e. The summed E-state index contributed by atoms with van der Waals surface area (Å²) in [5.74, 6) is -1.07. The minimum atomic E-state index is -1.04. The number of aromatic nitrogens is 4. The van der Waals surface area contributed by atoms with Gasteiger partial charge in [0.2, 0.25) is 0 Å². The molecule has 2 aliphatic heterocycles. The van der Waals surface area contributed by atoms with Crippen molar-refractivity contribution in [3.63, 3.8) is 0 Å². The number of nitrogens with zero attached hydrogens (tertiary/aromatic N) is 5. The molecular formula is C25H30FN7O4. The number of Topliss-reactive ketones (excluding diaryl/α,β-unsaturated/α-hetero) is 1. The van der Waals surface area contributed by atoms with E-state index in [9.17, 15) is 18.8 Å².